The van der Waals surface area contributed by atoms with Crippen LogP contribution in [0.25, 0.3) is 0 Å². The van der Waals surface area contributed by atoms with E-state index >= 15 is 0 Å². The van der Waals surface area contributed by atoms with Crippen LogP contribution in [0, 0.1) is 5.82 Å². The number of hydrogen-bond acceptors (Lipinski definition) is 2. The molecule has 0 unspecified atom stereocenters. The lowest BCUT2D eigenvalue weighted by molar-refractivity contribution is 0.264. The summed E-state index contributed by atoms with van der Waals surface area (Å²) in [5.41, 5.74) is 1.05. The summed E-state index contributed by atoms with van der Waals surface area (Å²) in [5, 5.41) is 3.38. The molecule has 2 rings (SSSR count). The van der Waals surface area contributed by atoms with E-state index in [2.05, 4.69) is 5.32 Å². The van der Waals surface area contributed by atoms with Crippen LogP contribution in [0.3, 0.4) is 0 Å². The zero-order valence-corrected chi connectivity index (χ0v) is 9.66. The quantitative estimate of drug-likeness (QED) is 0.856. The number of rotatable bonds is 4. The van der Waals surface area contributed by atoms with Gasteiger partial charge in [0.15, 0.2) is 0 Å². The molecule has 0 aliphatic carbocycles. The zero-order valence-electron chi connectivity index (χ0n) is 9.66. The Hall–Kier alpha value is -1.42. The first-order valence-corrected chi connectivity index (χ1v) is 5.88. The van der Waals surface area contributed by atoms with Crippen molar-refractivity contribution in [3.05, 3.63) is 35.6 Å². The Bertz CT molecular complexity index is 366. The standard InChI is InChI=1S/C13H16FN2O/c14-12-5-3-11(4-6-12)8-15-13-2-1-7-16(9-13)10-17/h3-6,13,15H,1-2,7-9H2/t13-/m0/s1. The highest BCUT2D eigenvalue weighted by Crippen LogP contribution is 2.09. The maximum atomic E-state index is 12.7. The monoisotopic (exact) mass is 235 g/mol. The third-order valence-corrected chi connectivity index (χ3v) is 3.06. The summed E-state index contributed by atoms with van der Waals surface area (Å²) in [4.78, 5) is 12.2. The van der Waals surface area contributed by atoms with E-state index < -0.39 is 0 Å². The Balaban J connectivity index is 1.81. The number of nitrogens with zero attached hydrogens (tertiary/aromatic N) is 1. The average Bonchev–Trinajstić information content (AvgIpc) is 2.38. The molecule has 3 nitrogen and oxygen atoms in total. The molecule has 0 spiro atoms. The van der Waals surface area contributed by atoms with Crippen LogP contribution in [0.5, 0.6) is 0 Å². The van der Waals surface area contributed by atoms with Crippen molar-refractivity contribution in [3.8, 4) is 0 Å². The summed E-state index contributed by atoms with van der Waals surface area (Å²) in [6.07, 6.45) is 4.01. The lowest BCUT2D eigenvalue weighted by atomic mass is 10.1. The molecule has 1 atom stereocenters. The largest absolute Gasteiger partial charge is 0.333 e. The smallest absolute Gasteiger partial charge is 0.312 e. The molecule has 1 aromatic carbocycles. The van der Waals surface area contributed by atoms with Crippen LogP contribution in [0.15, 0.2) is 24.3 Å². The van der Waals surface area contributed by atoms with E-state index in [0.717, 1.165) is 24.9 Å². The molecule has 1 fully saturated rings. The number of hydrogen-bond donors (Lipinski definition) is 1. The molecule has 1 amide bonds. The second-order valence-corrected chi connectivity index (χ2v) is 4.38. The molecule has 1 aliphatic heterocycles. The summed E-state index contributed by atoms with van der Waals surface area (Å²) >= 11 is 0. The number of piperidine rings is 1. The van der Waals surface area contributed by atoms with Gasteiger partial charge in [0, 0.05) is 25.7 Å². The second-order valence-electron chi connectivity index (χ2n) is 4.38. The minimum atomic E-state index is -0.215. The molecule has 1 heterocycles. The Morgan fingerprint density at radius 2 is 2.18 bits per heavy atom. The van der Waals surface area contributed by atoms with Crippen LogP contribution in [-0.4, -0.2) is 30.4 Å². The first-order chi connectivity index (χ1) is 8.28. The Kier molecular flexibility index (Phi) is 4.09. The van der Waals surface area contributed by atoms with E-state index in [1.165, 1.54) is 12.1 Å². The van der Waals surface area contributed by atoms with Gasteiger partial charge in [0.25, 0.3) is 0 Å². The van der Waals surface area contributed by atoms with Crippen LogP contribution >= 0.6 is 0 Å². The molecule has 1 aliphatic rings. The van der Waals surface area contributed by atoms with Gasteiger partial charge >= 0.3 is 6.41 Å². The predicted molar refractivity (Wildman–Crippen MR) is 63.5 cm³/mol. The van der Waals surface area contributed by atoms with Crippen molar-refractivity contribution in [1.29, 1.82) is 0 Å². The average molecular weight is 235 g/mol. The van der Waals surface area contributed by atoms with Gasteiger partial charge in [-0.3, -0.25) is 4.79 Å². The topological polar surface area (TPSA) is 32.3 Å². The summed E-state index contributed by atoms with van der Waals surface area (Å²) in [6.45, 7) is 2.22. The van der Waals surface area contributed by atoms with Crippen molar-refractivity contribution in [3.63, 3.8) is 0 Å². The molecule has 91 valence electrons. The number of carbonyl (C=O) groups excluding carboxylic acids is 1. The third kappa shape index (κ3) is 3.53. The van der Waals surface area contributed by atoms with Crippen LogP contribution in [-0.2, 0) is 11.3 Å². The molecule has 4 heteroatoms. The van der Waals surface area contributed by atoms with E-state index in [9.17, 15) is 9.18 Å². The first-order valence-electron chi connectivity index (χ1n) is 5.88. The van der Waals surface area contributed by atoms with Gasteiger partial charge < -0.3 is 10.2 Å². The molecule has 0 bridgehead atoms. The normalized spacial score (nSPS) is 20.3. The fourth-order valence-corrected chi connectivity index (χ4v) is 2.09. The lowest BCUT2D eigenvalue weighted by Crippen LogP contribution is -2.44. The number of amides is 1. The number of likely N-dealkylation sites (tertiary alicyclic amines) is 1. The molecule has 1 N–H and O–H groups in total. The second kappa shape index (κ2) is 5.77. The molecule has 1 radical (unpaired) electrons. The Labute approximate surface area is 101 Å². The maximum Gasteiger partial charge on any atom is 0.312 e. The van der Waals surface area contributed by atoms with Crippen molar-refractivity contribution in [1.82, 2.24) is 10.2 Å². The fraction of sp³-hybridized carbons (Fsp3) is 0.462. The fourth-order valence-electron chi connectivity index (χ4n) is 2.09. The van der Waals surface area contributed by atoms with Crippen LogP contribution < -0.4 is 5.32 Å². The molecular formula is C13H16FN2O. The van der Waals surface area contributed by atoms with Gasteiger partial charge in [0.05, 0.1) is 0 Å². The molecule has 0 aromatic heterocycles. The summed E-state index contributed by atoms with van der Waals surface area (Å²) in [7, 11) is 0. The van der Waals surface area contributed by atoms with Gasteiger partial charge in [-0.1, -0.05) is 12.1 Å². The van der Waals surface area contributed by atoms with E-state index in [0.29, 0.717) is 19.1 Å². The first kappa shape index (κ1) is 12.0. The van der Waals surface area contributed by atoms with E-state index in [1.807, 2.05) is 6.41 Å². The Morgan fingerprint density at radius 3 is 2.88 bits per heavy atom. The minimum Gasteiger partial charge on any atom is -0.333 e. The molecule has 1 aromatic rings. The van der Waals surface area contributed by atoms with Crippen molar-refractivity contribution in [2.75, 3.05) is 13.1 Å². The summed E-state index contributed by atoms with van der Waals surface area (Å²) in [6, 6.07) is 6.78. The minimum absolute atomic E-state index is 0.215. The summed E-state index contributed by atoms with van der Waals surface area (Å²) in [5.74, 6) is -0.215. The van der Waals surface area contributed by atoms with Crippen LogP contribution in [0.2, 0.25) is 0 Å². The van der Waals surface area contributed by atoms with Gasteiger partial charge in [0.2, 0.25) is 0 Å². The van der Waals surface area contributed by atoms with Crippen molar-refractivity contribution >= 4 is 6.41 Å². The number of halogens is 1. The van der Waals surface area contributed by atoms with Crippen LogP contribution in [0.1, 0.15) is 18.4 Å². The lowest BCUT2D eigenvalue weighted by Gasteiger charge is -2.29. The van der Waals surface area contributed by atoms with Crippen LogP contribution in [0.4, 0.5) is 4.39 Å². The predicted octanol–water partition coefficient (Wildman–Crippen LogP) is 1.45. The van der Waals surface area contributed by atoms with Crippen molar-refractivity contribution in [2.45, 2.75) is 25.4 Å². The Morgan fingerprint density at radius 1 is 1.41 bits per heavy atom. The number of nitrogens with one attached hydrogen (secondary N) is 1. The van der Waals surface area contributed by atoms with Gasteiger partial charge in [-0.15, -0.1) is 0 Å². The van der Waals surface area contributed by atoms with E-state index in [-0.39, 0.29) is 5.82 Å². The molecule has 0 saturated carbocycles. The zero-order chi connectivity index (χ0) is 12.1. The SMILES string of the molecule is O=[C]N1CCC[C@H](NCc2ccc(F)cc2)C1. The van der Waals surface area contributed by atoms with Gasteiger partial charge in [-0.05, 0) is 30.5 Å². The van der Waals surface area contributed by atoms with E-state index in [1.54, 1.807) is 17.0 Å². The highest BCUT2D eigenvalue weighted by molar-refractivity contribution is 5.48. The molecule has 1 saturated heterocycles. The molecular weight excluding hydrogens is 219 g/mol. The maximum absolute atomic E-state index is 12.7. The third-order valence-electron chi connectivity index (χ3n) is 3.06. The van der Waals surface area contributed by atoms with Gasteiger partial charge in [-0.2, -0.15) is 0 Å². The van der Waals surface area contributed by atoms with E-state index in [4.69, 9.17) is 0 Å². The van der Waals surface area contributed by atoms with Crippen molar-refractivity contribution in [2.24, 2.45) is 0 Å². The number of benzene rings is 1. The van der Waals surface area contributed by atoms with Crippen molar-refractivity contribution < 1.29 is 9.18 Å². The molecule has 17 heavy (non-hydrogen) atoms. The summed E-state index contributed by atoms with van der Waals surface area (Å²) < 4.78 is 12.7. The van der Waals surface area contributed by atoms with Gasteiger partial charge in [-0.25, -0.2) is 4.39 Å². The van der Waals surface area contributed by atoms with Gasteiger partial charge in [0.1, 0.15) is 5.82 Å². The highest BCUT2D eigenvalue weighted by atomic mass is 19.1. The highest BCUT2D eigenvalue weighted by Gasteiger charge is 2.18.